The number of piperazine rings is 1. The normalized spacial score (nSPS) is 21.1. The highest BCUT2D eigenvalue weighted by molar-refractivity contribution is 5.95. The number of hydrogen-bond acceptors (Lipinski definition) is 9. The van der Waals surface area contributed by atoms with Crippen molar-refractivity contribution in [3.63, 3.8) is 0 Å². The number of pyridine rings is 1. The van der Waals surface area contributed by atoms with E-state index in [-0.39, 0.29) is 18.0 Å². The van der Waals surface area contributed by atoms with E-state index in [0.717, 1.165) is 80.6 Å². The topological polar surface area (TPSA) is 124 Å². The van der Waals surface area contributed by atoms with Gasteiger partial charge in [0, 0.05) is 74.0 Å². The molecule has 1 amide bonds. The number of fused-ring (bicyclic) bond motifs is 2. The minimum atomic E-state index is -0.429. The van der Waals surface area contributed by atoms with E-state index in [1.807, 2.05) is 30.9 Å². The second kappa shape index (κ2) is 10.2. The summed E-state index contributed by atoms with van der Waals surface area (Å²) in [6, 6.07) is 8.24. The monoisotopic (exact) mass is 557 g/mol. The molecule has 2 bridgehead atoms. The minimum Gasteiger partial charge on any atom is -0.341 e. The van der Waals surface area contributed by atoms with Crippen molar-refractivity contribution in [2.24, 2.45) is 0 Å². The van der Waals surface area contributed by atoms with Gasteiger partial charge in [0.05, 0.1) is 18.0 Å². The smallest absolute Gasteiger partial charge is 0.256 e. The number of nitrogens with one attached hydrogen (secondary N) is 2. The van der Waals surface area contributed by atoms with Crippen molar-refractivity contribution in [2.45, 2.75) is 51.2 Å². The molecule has 0 radical (unpaired) electrons. The lowest BCUT2D eigenvalue weighted by Gasteiger charge is -2.58. The molecule has 2 unspecified atom stereocenters. The van der Waals surface area contributed by atoms with Gasteiger partial charge in [0.2, 0.25) is 5.95 Å². The molecular weight excluding hydrogens is 525 g/mol. The molecule has 0 spiro atoms. The Kier molecular flexibility index (Phi) is 6.37. The Bertz CT molecular complexity index is 1550. The predicted octanol–water partition coefficient (Wildman–Crippen LogP) is 2.85. The lowest BCUT2D eigenvalue weighted by atomic mass is 9.85. The number of aromatic amines is 1. The number of rotatable bonds is 6. The zero-order chi connectivity index (χ0) is 28.1. The zero-order valence-electron chi connectivity index (χ0n) is 23.0. The second-order valence-electron chi connectivity index (χ2n) is 11.2. The molecule has 212 valence electrons. The van der Waals surface area contributed by atoms with Crippen LogP contribution in [0.25, 0.3) is 5.82 Å². The first-order valence-electron chi connectivity index (χ1n) is 14.0. The minimum absolute atomic E-state index is 0.0115. The fourth-order valence-electron chi connectivity index (χ4n) is 6.30. The third-order valence-electron chi connectivity index (χ3n) is 8.30. The maximum Gasteiger partial charge on any atom is 0.256 e. The van der Waals surface area contributed by atoms with Crippen LogP contribution in [0.3, 0.4) is 0 Å². The molecule has 2 atom stereocenters. The largest absolute Gasteiger partial charge is 0.341 e. The SMILES string of the molecule is Cc1cc(Nc2cc(C)[nH]n2)nc(N2CCC(N3CC4CC(C3)N4C(=O)c3ccc(-n4cc(F)cn4)nc3)CC2)n1. The Balaban J connectivity index is 0.943. The summed E-state index contributed by atoms with van der Waals surface area (Å²) in [5.74, 6) is 2.28. The van der Waals surface area contributed by atoms with E-state index >= 15 is 0 Å². The van der Waals surface area contributed by atoms with Crippen molar-refractivity contribution in [3.8, 4) is 5.82 Å². The van der Waals surface area contributed by atoms with Gasteiger partial charge in [-0.05, 0) is 45.2 Å². The van der Waals surface area contributed by atoms with E-state index in [0.29, 0.717) is 17.4 Å². The third kappa shape index (κ3) is 5.01. The van der Waals surface area contributed by atoms with Crippen LogP contribution in [-0.2, 0) is 0 Å². The van der Waals surface area contributed by atoms with Crippen LogP contribution in [0.4, 0.5) is 22.0 Å². The van der Waals surface area contributed by atoms with Crippen molar-refractivity contribution < 1.29 is 9.18 Å². The van der Waals surface area contributed by atoms with Crippen LogP contribution in [0.2, 0.25) is 0 Å². The fourth-order valence-corrected chi connectivity index (χ4v) is 6.30. The van der Waals surface area contributed by atoms with Gasteiger partial charge in [-0.1, -0.05) is 0 Å². The summed E-state index contributed by atoms with van der Waals surface area (Å²) in [5, 5.41) is 14.4. The highest BCUT2D eigenvalue weighted by Crippen LogP contribution is 2.36. The van der Waals surface area contributed by atoms with Crippen LogP contribution >= 0.6 is 0 Å². The number of piperidine rings is 2. The van der Waals surface area contributed by atoms with Gasteiger partial charge >= 0.3 is 0 Å². The summed E-state index contributed by atoms with van der Waals surface area (Å²) in [6.45, 7) is 7.51. The van der Waals surface area contributed by atoms with Gasteiger partial charge in [-0.15, -0.1) is 0 Å². The Morgan fingerprint density at radius 1 is 1.02 bits per heavy atom. The Morgan fingerprint density at radius 2 is 1.83 bits per heavy atom. The average molecular weight is 558 g/mol. The number of aryl methyl sites for hydroxylation is 2. The van der Waals surface area contributed by atoms with Crippen LogP contribution in [0.1, 0.15) is 41.0 Å². The average Bonchev–Trinajstić information content (AvgIpc) is 3.60. The van der Waals surface area contributed by atoms with Crippen molar-refractivity contribution in [1.82, 2.24) is 44.7 Å². The van der Waals surface area contributed by atoms with E-state index in [1.165, 1.54) is 10.9 Å². The first kappa shape index (κ1) is 25.6. The van der Waals surface area contributed by atoms with Crippen molar-refractivity contribution >= 4 is 23.5 Å². The number of hydrogen-bond donors (Lipinski definition) is 2. The van der Waals surface area contributed by atoms with Crippen molar-refractivity contribution in [2.75, 3.05) is 36.4 Å². The molecule has 8 heterocycles. The molecule has 4 aliphatic rings. The van der Waals surface area contributed by atoms with Crippen molar-refractivity contribution in [3.05, 3.63) is 65.6 Å². The van der Waals surface area contributed by atoms with Gasteiger partial charge in [-0.3, -0.25) is 14.8 Å². The molecule has 4 aromatic rings. The summed E-state index contributed by atoms with van der Waals surface area (Å²) in [6.07, 6.45) is 7.06. The molecule has 2 N–H and O–H groups in total. The summed E-state index contributed by atoms with van der Waals surface area (Å²) in [5.41, 5.74) is 2.44. The van der Waals surface area contributed by atoms with E-state index in [1.54, 1.807) is 18.3 Å². The maximum absolute atomic E-state index is 13.3. The van der Waals surface area contributed by atoms with Crippen LogP contribution in [0.5, 0.6) is 0 Å². The molecule has 4 saturated heterocycles. The Hall–Kier alpha value is -4.39. The van der Waals surface area contributed by atoms with Crippen molar-refractivity contribution in [1.29, 1.82) is 0 Å². The zero-order valence-corrected chi connectivity index (χ0v) is 23.0. The first-order chi connectivity index (χ1) is 19.9. The van der Waals surface area contributed by atoms with E-state index in [2.05, 4.69) is 35.4 Å². The van der Waals surface area contributed by atoms with E-state index in [4.69, 9.17) is 9.97 Å². The molecule has 4 aromatic heterocycles. The number of carbonyl (C=O) groups excluding carboxylic acids is 1. The summed E-state index contributed by atoms with van der Waals surface area (Å²) < 4.78 is 14.6. The van der Waals surface area contributed by atoms with Gasteiger partial charge in [0.1, 0.15) is 5.82 Å². The molecule has 0 aromatic carbocycles. The third-order valence-corrected chi connectivity index (χ3v) is 8.30. The van der Waals surface area contributed by atoms with Gasteiger partial charge in [-0.25, -0.2) is 19.0 Å². The molecule has 4 fully saturated rings. The molecule has 13 heteroatoms. The standard InChI is InChI=1S/C28H32FN11O/c1-17-9-24(33-25-10-18(2)35-36-25)34-28(32-17)37-7-5-21(6-8-37)38-15-22-11-23(16-38)40(22)27(41)19-3-4-26(30-12-19)39-14-20(29)13-31-39/h3-4,9-10,12-14,21-23H,5-8,11,15-16H2,1-2H3,(H2,32,33,34,35,36). The van der Waals surface area contributed by atoms with Crippen LogP contribution in [-0.4, -0.2) is 94.9 Å². The van der Waals surface area contributed by atoms with Gasteiger partial charge in [0.15, 0.2) is 17.5 Å². The number of carbonyl (C=O) groups is 1. The number of anilines is 3. The number of halogens is 1. The molecule has 4 aliphatic heterocycles. The quantitative estimate of drug-likeness (QED) is 0.368. The fraction of sp³-hybridized carbons (Fsp3) is 0.429. The molecule has 41 heavy (non-hydrogen) atoms. The highest BCUT2D eigenvalue weighted by atomic mass is 19.1. The van der Waals surface area contributed by atoms with Crippen LogP contribution in [0.15, 0.2) is 42.9 Å². The summed E-state index contributed by atoms with van der Waals surface area (Å²) >= 11 is 0. The predicted molar refractivity (Wildman–Crippen MR) is 150 cm³/mol. The summed E-state index contributed by atoms with van der Waals surface area (Å²) in [7, 11) is 0. The Morgan fingerprint density at radius 3 is 2.49 bits per heavy atom. The first-order valence-corrected chi connectivity index (χ1v) is 14.0. The number of amides is 1. The van der Waals surface area contributed by atoms with Gasteiger partial charge in [-0.2, -0.15) is 15.2 Å². The Labute approximate surface area is 236 Å². The number of H-pyrrole nitrogens is 1. The highest BCUT2D eigenvalue weighted by Gasteiger charge is 2.48. The lowest BCUT2D eigenvalue weighted by Crippen LogP contribution is -2.71. The van der Waals surface area contributed by atoms with E-state index in [9.17, 15) is 9.18 Å². The van der Waals surface area contributed by atoms with Crippen LogP contribution in [0, 0.1) is 19.7 Å². The molecule has 8 rings (SSSR count). The molecule has 0 aliphatic carbocycles. The lowest BCUT2D eigenvalue weighted by molar-refractivity contribution is -0.0631. The van der Waals surface area contributed by atoms with Gasteiger partial charge < -0.3 is 15.1 Å². The summed E-state index contributed by atoms with van der Waals surface area (Å²) in [4.78, 5) is 33.9. The van der Waals surface area contributed by atoms with Crippen LogP contribution < -0.4 is 10.2 Å². The molecule has 0 saturated carbocycles. The maximum atomic E-state index is 13.3. The van der Waals surface area contributed by atoms with Gasteiger partial charge in [0.25, 0.3) is 5.91 Å². The molecule has 12 nitrogen and oxygen atoms in total. The molecular formula is C28H32FN11O. The van der Waals surface area contributed by atoms with E-state index < -0.39 is 5.82 Å². The second-order valence-corrected chi connectivity index (χ2v) is 11.2. The number of nitrogens with zero attached hydrogens (tertiary/aromatic N) is 9. The number of aromatic nitrogens is 7.